The minimum absolute atomic E-state index is 0.00340. The quantitative estimate of drug-likeness (QED) is 0.268. The molecule has 1 aromatic carbocycles. The lowest BCUT2D eigenvalue weighted by atomic mass is 9.96. The first-order valence-electron chi connectivity index (χ1n) is 14.3. The number of ether oxygens (including phenoxy) is 5. The number of nitrogens with two attached hydrogens (primary N) is 1. The van der Waals surface area contributed by atoms with E-state index < -0.39 is 44.1 Å². The number of rotatable bonds is 8. The maximum absolute atomic E-state index is 13.5. The van der Waals surface area contributed by atoms with E-state index in [2.05, 4.69) is 15.0 Å². The Morgan fingerprint density at radius 2 is 2.02 bits per heavy atom. The number of nitrogens with zero attached hydrogens (tertiary/aromatic N) is 4. The fourth-order valence-electron chi connectivity index (χ4n) is 5.95. The Morgan fingerprint density at radius 1 is 1.18 bits per heavy atom. The fourth-order valence-corrected chi connectivity index (χ4v) is 7.55. The van der Waals surface area contributed by atoms with Gasteiger partial charge in [0.05, 0.1) is 25.9 Å². The van der Waals surface area contributed by atoms with Gasteiger partial charge in [0, 0.05) is 24.7 Å². The van der Waals surface area contributed by atoms with E-state index in [-0.39, 0.29) is 36.6 Å². The number of phosphoric ester groups is 1. The Morgan fingerprint density at radius 3 is 2.84 bits per heavy atom. The molecule has 236 valence electrons. The van der Waals surface area contributed by atoms with Crippen LogP contribution in [0.3, 0.4) is 0 Å². The van der Waals surface area contributed by atoms with Gasteiger partial charge in [-0.05, 0) is 43.4 Å². The first kappa shape index (κ1) is 29.7. The van der Waals surface area contributed by atoms with E-state index in [1.165, 1.54) is 6.33 Å². The number of aromatic nitrogens is 4. The van der Waals surface area contributed by atoms with E-state index in [1.807, 2.05) is 6.07 Å². The average Bonchev–Trinajstić information content (AvgIpc) is 3.64. The highest BCUT2D eigenvalue weighted by Crippen LogP contribution is 2.58. The normalized spacial score (nSPS) is 32.4. The molecule has 44 heavy (non-hydrogen) atoms. The molecule has 3 aromatic rings. The number of hydrogen-bond acceptors (Lipinski definition) is 14. The molecule has 0 aliphatic carbocycles. The first-order valence-corrected chi connectivity index (χ1v) is 16.1. The molecule has 7 rings (SSSR count). The number of benzene rings is 1. The zero-order valence-electron chi connectivity index (χ0n) is 23.7. The molecule has 0 unspecified atom stereocenters. The molecule has 0 saturated carbocycles. The van der Waals surface area contributed by atoms with Crippen LogP contribution >= 0.6 is 19.4 Å². The van der Waals surface area contributed by atoms with Crippen molar-refractivity contribution in [3.63, 3.8) is 0 Å². The summed E-state index contributed by atoms with van der Waals surface area (Å²) in [5.41, 5.74) is 6.05. The summed E-state index contributed by atoms with van der Waals surface area (Å²) in [5, 5.41) is 0.526. The zero-order chi connectivity index (χ0) is 30.5. The highest BCUT2D eigenvalue weighted by atomic mass is 35.5. The van der Waals surface area contributed by atoms with Crippen LogP contribution in [-0.4, -0.2) is 76.5 Å². The minimum Gasteiger partial charge on any atom is -0.476 e. The molecule has 4 aliphatic heterocycles. The predicted molar refractivity (Wildman–Crippen MR) is 152 cm³/mol. The summed E-state index contributed by atoms with van der Waals surface area (Å²) in [7, 11) is -4.02. The number of fused-ring (bicyclic) bond motifs is 2. The first-order chi connectivity index (χ1) is 21.2. The van der Waals surface area contributed by atoms with Crippen LogP contribution in [0.1, 0.15) is 44.1 Å². The van der Waals surface area contributed by atoms with E-state index in [0.717, 1.165) is 18.4 Å². The van der Waals surface area contributed by atoms with E-state index in [9.17, 15) is 9.36 Å². The molecule has 0 radical (unpaired) electrons. The molecule has 0 amide bonds. The van der Waals surface area contributed by atoms with Crippen molar-refractivity contribution in [2.45, 2.75) is 56.3 Å². The lowest BCUT2D eigenvalue weighted by Crippen LogP contribution is -2.42. The maximum atomic E-state index is 13.5. The van der Waals surface area contributed by atoms with Crippen molar-refractivity contribution in [2.24, 2.45) is 5.92 Å². The van der Waals surface area contributed by atoms with Crippen molar-refractivity contribution < 1.29 is 46.6 Å². The molecule has 0 spiro atoms. The summed E-state index contributed by atoms with van der Waals surface area (Å²) in [6.45, 7) is 3.25. The van der Waals surface area contributed by atoms with Crippen LogP contribution in [0.25, 0.3) is 11.2 Å². The van der Waals surface area contributed by atoms with Gasteiger partial charge >= 0.3 is 14.0 Å². The Balaban J connectivity index is 1.12. The van der Waals surface area contributed by atoms with Crippen molar-refractivity contribution in [1.82, 2.24) is 19.5 Å². The topological polar surface area (TPSA) is 178 Å². The number of hydrogen-bond donors (Lipinski definition) is 1. The highest BCUT2D eigenvalue weighted by molar-refractivity contribution is 7.48. The van der Waals surface area contributed by atoms with Gasteiger partial charge in [0.2, 0.25) is 11.8 Å². The van der Waals surface area contributed by atoms with Gasteiger partial charge in [-0.2, -0.15) is 9.97 Å². The largest absolute Gasteiger partial charge is 0.509 e. The van der Waals surface area contributed by atoms with Gasteiger partial charge in [0.1, 0.15) is 12.4 Å². The SMILES string of the molecule is C[C@@]12OC(=O)O[C@@H]1[C@@H](CO[P@@]1(=O)OCC[C@@H](c3cccc(Cl)c3)O1)O[C@H]2n1cnc2nc(N)nc(OCC3CCOCC3)c21. The molecule has 2 aromatic heterocycles. The Bertz CT molecular complexity index is 1600. The summed E-state index contributed by atoms with van der Waals surface area (Å²) < 4.78 is 61.2. The second-order valence-electron chi connectivity index (χ2n) is 11.2. The van der Waals surface area contributed by atoms with Gasteiger partial charge in [0.15, 0.2) is 29.1 Å². The van der Waals surface area contributed by atoms with Gasteiger partial charge in [-0.25, -0.2) is 14.3 Å². The summed E-state index contributed by atoms with van der Waals surface area (Å²) in [4.78, 5) is 25.4. The van der Waals surface area contributed by atoms with Crippen molar-refractivity contribution in [3.8, 4) is 5.88 Å². The molecule has 15 nitrogen and oxygen atoms in total. The molecule has 0 bridgehead atoms. The predicted octanol–water partition coefficient (Wildman–Crippen LogP) is 4.36. The molecule has 4 fully saturated rings. The summed E-state index contributed by atoms with van der Waals surface area (Å²) in [6, 6.07) is 7.08. The van der Waals surface area contributed by atoms with Crippen molar-refractivity contribution in [3.05, 3.63) is 41.2 Å². The van der Waals surface area contributed by atoms with Crippen LogP contribution in [0, 0.1) is 5.92 Å². The zero-order valence-corrected chi connectivity index (χ0v) is 25.4. The monoisotopic (exact) mass is 651 g/mol. The number of phosphoric acid groups is 1. The van der Waals surface area contributed by atoms with Crippen molar-refractivity contribution in [1.29, 1.82) is 0 Å². The molecule has 2 N–H and O–H groups in total. The molecular formula is C27H31ClN5O10P. The van der Waals surface area contributed by atoms with Crippen LogP contribution in [0.4, 0.5) is 10.7 Å². The van der Waals surface area contributed by atoms with Gasteiger partial charge in [0.25, 0.3) is 0 Å². The Hall–Kier alpha value is -3.04. The average molecular weight is 652 g/mol. The van der Waals surface area contributed by atoms with Gasteiger partial charge in [-0.3, -0.25) is 18.1 Å². The maximum Gasteiger partial charge on any atom is 0.509 e. The third-order valence-electron chi connectivity index (χ3n) is 8.19. The minimum atomic E-state index is -4.02. The molecular weight excluding hydrogens is 621 g/mol. The summed E-state index contributed by atoms with van der Waals surface area (Å²) in [5.74, 6) is 0.495. The third kappa shape index (κ3) is 5.62. The van der Waals surface area contributed by atoms with E-state index in [1.54, 1.807) is 29.7 Å². The van der Waals surface area contributed by atoms with E-state index in [0.29, 0.717) is 36.8 Å². The Kier molecular flexibility index (Phi) is 7.90. The molecule has 6 atom stereocenters. The number of anilines is 1. The lowest BCUT2D eigenvalue weighted by molar-refractivity contribution is -0.0925. The number of carbonyl (C=O) groups is 1. The third-order valence-corrected chi connectivity index (χ3v) is 9.90. The summed E-state index contributed by atoms with van der Waals surface area (Å²) >= 11 is 6.13. The molecule has 17 heteroatoms. The van der Waals surface area contributed by atoms with Crippen molar-refractivity contribution >= 4 is 42.7 Å². The van der Waals surface area contributed by atoms with Gasteiger partial charge in [-0.1, -0.05) is 23.7 Å². The number of halogens is 1. The second-order valence-corrected chi connectivity index (χ2v) is 13.3. The van der Waals surface area contributed by atoms with Crippen molar-refractivity contribution in [2.75, 3.05) is 38.8 Å². The van der Waals surface area contributed by atoms with Crippen LogP contribution in [0.2, 0.25) is 5.02 Å². The number of nitrogen functional groups attached to an aromatic ring is 1. The smallest absolute Gasteiger partial charge is 0.476 e. The standard InChI is InChI=1S/C27H31ClN5O10P/c1-27-21(41-26(34)42-27)19(13-39-44(35)38-10-7-18(43-44)16-3-2-4-17(28)11-16)40-24(27)33-14-30-22-20(33)23(32-25(29)31-22)37-12-15-5-8-36-9-6-15/h2-4,11,14-15,18-19,21,24H,5-10,12-13H2,1H3,(H2,29,31,32)/t18-,19+,21+,24+,27+,44+/m0/s1. The molecule has 4 saturated heterocycles. The van der Waals surface area contributed by atoms with Crippen LogP contribution in [-0.2, 0) is 37.1 Å². The highest BCUT2D eigenvalue weighted by Gasteiger charge is 2.64. The molecule has 4 aliphatic rings. The van der Waals surface area contributed by atoms with Crippen LogP contribution in [0.15, 0.2) is 30.6 Å². The van der Waals surface area contributed by atoms with Gasteiger partial charge in [-0.15, -0.1) is 0 Å². The van der Waals surface area contributed by atoms with E-state index in [4.69, 9.17) is 54.6 Å². The fraction of sp³-hybridized carbons (Fsp3) is 0.556. The van der Waals surface area contributed by atoms with E-state index >= 15 is 0 Å². The van der Waals surface area contributed by atoms with Gasteiger partial charge < -0.3 is 29.4 Å². The second kappa shape index (κ2) is 11.7. The number of imidazole rings is 1. The van der Waals surface area contributed by atoms with Crippen LogP contribution < -0.4 is 10.5 Å². The molecule has 6 heterocycles. The van der Waals surface area contributed by atoms with Crippen LogP contribution in [0.5, 0.6) is 5.88 Å². The number of carbonyl (C=O) groups excluding carboxylic acids is 1. The lowest BCUT2D eigenvalue weighted by Gasteiger charge is -2.30. The Labute approximate surface area is 256 Å². The summed E-state index contributed by atoms with van der Waals surface area (Å²) in [6.07, 6.45) is -0.583.